The molecule has 24 heavy (non-hydrogen) atoms. The van der Waals surface area contributed by atoms with Crippen molar-refractivity contribution < 1.29 is 9.59 Å². The topological polar surface area (TPSA) is 34.1 Å². The zero-order chi connectivity index (χ0) is 17.3. The Bertz CT molecular complexity index is 697. The molecule has 2 heteroatoms. The van der Waals surface area contributed by atoms with E-state index in [1.54, 1.807) is 6.92 Å². The lowest BCUT2D eigenvalue weighted by atomic mass is 9.48. The minimum absolute atomic E-state index is 0.0366. The minimum Gasteiger partial charge on any atom is -0.299 e. The molecule has 4 rings (SSSR count). The highest BCUT2D eigenvalue weighted by Crippen LogP contribution is 2.66. The van der Waals surface area contributed by atoms with Gasteiger partial charge in [-0.05, 0) is 72.8 Å². The van der Waals surface area contributed by atoms with E-state index >= 15 is 0 Å². The molecule has 0 saturated heterocycles. The molecule has 2 nitrogen and oxygen atoms in total. The maximum Gasteiger partial charge on any atom is 0.156 e. The molecule has 0 aromatic heterocycles. The van der Waals surface area contributed by atoms with Crippen LogP contribution in [0.15, 0.2) is 36.0 Å². The van der Waals surface area contributed by atoms with Gasteiger partial charge in [-0.2, -0.15) is 0 Å². The molecule has 0 aromatic rings. The van der Waals surface area contributed by atoms with Gasteiger partial charge in [0.15, 0.2) is 5.78 Å². The fourth-order valence-corrected chi connectivity index (χ4v) is 6.71. The van der Waals surface area contributed by atoms with Crippen LogP contribution >= 0.6 is 0 Å². The SMILES string of the molecule is C=C1C[C@H]2[C@@H]3C=CC4=CC(=O)CC[C@]4(C)[C@H]3CC[C@]2(C)[C@H]1C(C)=O. The molecule has 4 aliphatic rings. The fourth-order valence-electron chi connectivity index (χ4n) is 6.71. The lowest BCUT2D eigenvalue weighted by Gasteiger charge is -2.55. The number of allylic oxidation sites excluding steroid dienone is 5. The predicted octanol–water partition coefficient (Wildman–Crippen LogP) is 4.67. The number of hydrogen-bond donors (Lipinski definition) is 0. The summed E-state index contributed by atoms with van der Waals surface area (Å²) in [5.74, 6) is 2.23. The molecular weight excluding hydrogens is 296 g/mol. The Balaban J connectivity index is 1.76. The average molecular weight is 324 g/mol. The first-order valence-electron chi connectivity index (χ1n) is 9.39. The van der Waals surface area contributed by atoms with E-state index in [-0.39, 0.29) is 22.5 Å². The molecule has 0 spiro atoms. The molecule has 0 heterocycles. The van der Waals surface area contributed by atoms with Gasteiger partial charge in [0.05, 0.1) is 0 Å². The number of ketones is 2. The van der Waals surface area contributed by atoms with Crippen LogP contribution < -0.4 is 0 Å². The summed E-state index contributed by atoms with van der Waals surface area (Å²) >= 11 is 0. The molecule has 0 amide bonds. The van der Waals surface area contributed by atoms with E-state index in [2.05, 4.69) is 32.6 Å². The molecule has 0 aliphatic heterocycles. The van der Waals surface area contributed by atoms with Crippen LogP contribution in [0, 0.1) is 34.5 Å². The Morgan fingerprint density at radius 1 is 1.25 bits per heavy atom. The molecule has 0 unspecified atom stereocenters. The second kappa shape index (κ2) is 5.03. The second-order valence-corrected chi connectivity index (χ2v) is 9.08. The lowest BCUT2D eigenvalue weighted by molar-refractivity contribution is -0.125. The van der Waals surface area contributed by atoms with Crippen molar-refractivity contribution in [2.75, 3.05) is 0 Å². The number of carbonyl (C=O) groups is 2. The van der Waals surface area contributed by atoms with Crippen LogP contribution in [0.3, 0.4) is 0 Å². The van der Waals surface area contributed by atoms with Gasteiger partial charge in [0.25, 0.3) is 0 Å². The third-order valence-corrected chi connectivity index (χ3v) is 7.91. The van der Waals surface area contributed by atoms with E-state index in [1.165, 1.54) is 5.57 Å². The van der Waals surface area contributed by atoms with Crippen LogP contribution in [0.5, 0.6) is 0 Å². The monoisotopic (exact) mass is 324 g/mol. The summed E-state index contributed by atoms with van der Waals surface area (Å²) in [6.07, 6.45) is 11.4. The van der Waals surface area contributed by atoms with Crippen LogP contribution in [0.4, 0.5) is 0 Å². The molecule has 0 bridgehead atoms. The van der Waals surface area contributed by atoms with E-state index in [0.717, 1.165) is 31.3 Å². The van der Waals surface area contributed by atoms with Crippen molar-refractivity contribution in [2.45, 2.75) is 52.9 Å². The molecule has 0 aromatic carbocycles. The minimum atomic E-state index is 0.0366. The van der Waals surface area contributed by atoms with Crippen molar-refractivity contribution in [1.29, 1.82) is 0 Å². The van der Waals surface area contributed by atoms with Crippen molar-refractivity contribution >= 4 is 11.6 Å². The Morgan fingerprint density at radius 2 is 2.00 bits per heavy atom. The summed E-state index contributed by atoms with van der Waals surface area (Å²) in [6, 6.07) is 0. The Labute approximate surface area is 145 Å². The smallest absolute Gasteiger partial charge is 0.156 e. The Hall–Kier alpha value is -1.44. The van der Waals surface area contributed by atoms with Gasteiger partial charge < -0.3 is 0 Å². The largest absolute Gasteiger partial charge is 0.299 e. The molecule has 0 radical (unpaired) electrons. The van der Waals surface area contributed by atoms with Crippen molar-refractivity contribution in [1.82, 2.24) is 0 Å². The highest BCUT2D eigenvalue weighted by molar-refractivity contribution is 5.92. The molecule has 2 fully saturated rings. The normalized spacial score (nSPS) is 46.9. The van der Waals surface area contributed by atoms with E-state index in [4.69, 9.17) is 0 Å². The quantitative estimate of drug-likeness (QED) is 0.657. The zero-order valence-corrected chi connectivity index (χ0v) is 15.1. The fraction of sp³-hybridized carbons (Fsp3) is 0.636. The summed E-state index contributed by atoms with van der Waals surface area (Å²) < 4.78 is 0. The van der Waals surface area contributed by atoms with Gasteiger partial charge >= 0.3 is 0 Å². The first-order chi connectivity index (χ1) is 11.3. The molecule has 128 valence electrons. The van der Waals surface area contributed by atoms with Gasteiger partial charge in [0.1, 0.15) is 5.78 Å². The average Bonchev–Trinajstić information content (AvgIpc) is 2.78. The van der Waals surface area contributed by atoms with Gasteiger partial charge in [-0.3, -0.25) is 9.59 Å². The predicted molar refractivity (Wildman–Crippen MR) is 95.3 cm³/mol. The summed E-state index contributed by atoms with van der Waals surface area (Å²) in [6.45, 7) is 10.7. The van der Waals surface area contributed by atoms with Gasteiger partial charge in [-0.15, -0.1) is 0 Å². The van der Waals surface area contributed by atoms with Gasteiger partial charge in [0, 0.05) is 12.3 Å². The van der Waals surface area contributed by atoms with E-state index in [1.807, 2.05) is 6.08 Å². The molecular formula is C22H28O2. The number of carbonyl (C=O) groups excluding carboxylic acids is 2. The Morgan fingerprint density at radius 3 is 2.71 bits per heavy atom. The standard InChI is InChI=1S/C22H28O2/c1-13-11-19-17-6-5-15-12-16(24)7-9-21(15,3)18(17)8-10-22(19,4)20(13)14(2)23/h5-6,12,17-20H,1,7-11H2,2-4H3/t17-,18+,19+,20-,21+,22+/m1/s1. The van der Waals surface area contributed by atoms with Crippen LogP contribution in [-0.4, -0.2) is 11.6 Å². The number of Topliss-reactive ketones (excluding diaryl/α,β-unsaturated/α-hetero) is 1. The van der Waals surface area contributed by atoms with Crippen LogP contribution in [0.1, 0.15) is 52.9 Å². The maximum atomic E-state index is 12.3. The van der Waals surface area contributed by atoms with Crippen molar-refractivity contribution in [2.24, 2.45) is 34.5 Å². The third kappa shape index (κ3) is 1.95. The summed E-state index contributed by atoms with van der Waals surface area (Å²) in [5, 5.41) is 0. The van der Waals surface area contributed by atoms with E-state index in [9.17, 15) is 9.59 Å². The van der Waals surface area contributed by atoms with E-state index in [0.29, 0.717) is 30.0 Å². The highest BCUT2D eigenvalue weighted by atomic mass is 16.1. The van der Waals surface area contributed by atoms with Gasteiger partial charge in [-0.25, -0.2) is 0 Å². The molecule has 4 aliphatic carbocycles. The van der Waals surface area contributed by atoms with Gasteiger partial charge in [-0.1, -0.05) is 38.2 Å². The van der Waals surface area contributed by atoms with Crippen molar-refractivity contribution in [3.05, 3.63) is 36.0 Å². The molecule has 2 saturated carbocycles. The summed E-state index contributed by atoms with van der Waals surface area (Å²) in [7, 11) is 0. The van der Waals surface area contributed by atoms with E-state index < -0.39 is 0 Å². The van der Waals surface area contributed by atoms with Gasteiger partial charge in [0.2, 0.25) is 0 Å². The van der Waals surface area contributed by atoms with Crippen molar-refractivity contribution in [3.8, 4) is 0 Å². The second-order valence-electron chi connectivity index (χ2n) is 9.08. The van der Waals surface area contributed by atoms with Crippen LogP contribution in [0.2, 0.25) is 0 Å². The maximum absolute atomic E-state index is 12.3. The number of hydrogen-bond acceptors (Lipinski definition) is 2. The van der Waals surface area contributed by atoms with Crippen LogP contribution in [0.25, 0.3) is 0 Å². The third-order valence-electron chi connectivity index (χ3n) is 7.91. The summed E-state index contributed by atoms with van der Waals surface area (Å²) in [5.41, 5.74) is 2.58. The number of rotatable bonds is 1. The Kier molecular flexibility index (Phi) is 3.37. The molecule has 6 atom stereocenters. The first kappa shape index (κ1) is 16.1. The lowest BCUT2D eigenvalue weighted by Crippen LogP contribution is -2.49. The molecule has 0 N–H and O–H groups in total. The number of fused-ring (bicyclic) bond motifs is 5. The highest BCUT2D eigenvalue weighted by Gasteiger charge is 2.59. The first-order valence-corrected chi connectivity index (χ1v) is 9.39. The summed E-state index contributed by atoms with van der Waals surface area (Å²) in [4.78, 5) is 24.1. The van der Waals surface area contributed by atoms with Crippen molar-refractivity contribution in [3.63, 3.8) is 0 Å². The zero-order valence-electron chi connectivity index (χ0n) is 15.1. The van der Waals surface area contributed by atoms with Crippen LogP contribution in [-0.2, 0) is 9.59 Å².